The molecule has 0 bridgehead atoms. The predicted octanol–water partition coefficient (Wildman–Crippen LogP) is 0.828. The summed E-state index contributed by atoms with van der Waals surface area (Å²) in [6.07, 6.45) is 0.894. The second kappa shape index (κ2) is 8.08. The van der Waals surface area contributed by atoms with Gasteiger partial charge in [0.1, 0.15) is 10.8 Å². The summed E-state index contributed by atoms with van der Waals surface area (Å²) in [5, 5.41) is 7.61. The van der Waals surface area contributed by atoms with E-state index in [2.05, 4.69) is 10.4 Å². The Morgan fingerprint density at radius 3 is 2.79 bits per heavy atom. The first kappa shape index (κ1) is 15.9. The van der Waals surface area contributed by atoms with Crippen LogP contribution in [0.25, 0.3) is 0 Å². The molecule has 0 unspecified atom stereocenters. The third kappa shape index (κ3) is 4.77. The average molecular weight is 286 g/mol. The Hall–Kier alpha value is -1.18. The molecule has 7 heteroatoms. The predicted molar refractivity (Wildman–Crippen MR) is 79.6 cm³/mol. The summed E-state index contributed by atoms with van der Waals surface area (Å²) in [5.74, 6) is 0.863. The minimum atomic E-state index is 0.365. The molecule has 0 aliphatic rings. The van der Waals surface area contributed by atoms with Crippen LogP contribution in [0, 0.1) is 6.92 Å². The Labute approximate surface area is 119 Å². The molecule has 3 N–H and O–H groups in total. The second-order valence-corrected chi connectivity index (χ2v) is 4.62. The van der Waals surface area contributed by atoms with Gasteiger partial charge in [0.2, 0.25) is 0 Å². The van der Waals surface area contributed by atoms with Gasteiger partial charge in [0, 0.05) is 27.3 Å². The van der Waals surface area contributed by atoms with E-state index >= 15 is 0 Å². The van der Waals surface area contributed by atoms with Crippen LogP contribution in [0.3, 0.4) is 0 Å². The molecule has 1 aromatic rings. The third-order valence-corrected chi connectivity index (χ3v) is 2.86. The Bertz CT molecular complexity index is 420. The minimum absolute atomic E-state index is 0.365. The highest BCUT2D eigenvalue weighted by atomic mass is 32.1. The zero-order valence-corrected chi connectivity index (χ0v) is 12.5. The first-order valence-electron chi connectivity index (χ1n) is 6.22. The maximum Gasteiger partial charge on any atom is 0.134 e. The van der Waals surface area contributed by atoms with Crippen molar-refractivity contribution in [2.45, 2.75) is 13.3 Å². The van der Waals surface area contributed by atoms with E-state index in [1.165, 1.54) is 0 Å². The standard InChI is InChI=1S/C12H22N4O2S/c1-9-10(11(13)19)12(16(2)15-9)14-5-4-6-18-8-7-17-3/h14H,4-8H2,1-3H3,(H2,13,19). The number of anilines is 1. The lowest BCUT2D eigenvalue weighted by Gasteiger charge is -2.09. The molecule has 0 spiro atoms. The molecule has 0 aromatic carbocycles. The minimum Gasteiger partial charge on any atom is -0.389 e. The Morgan fingerprint density at radius 2 is 2.16 bits per heavy atom. The number of ether oxygens (including phenoxy) is 2. The summed E-state index contributed by atoms with van der Waals surface area (Å²) < 4.78 is 12.0. The van der Waals surface area contributed by atoms with Gasteiger partial charge in [-0.1, -0.05) is 12.2 Å². The average Bonchev–Trinajstić information content (AvgIpc) is 2.63. The van der Waals surface area contributed by atoms with Gasteiger partial charge in [-0.05, 0) is 13.3 Å². The number of nitrogens with zero attached hydrogens (tertiary/aromatic N) is 2. The van der Waals surface area contributed by atoms with Gasteiger partial charge in [-0.15, -0.1) is 0 Å². The molecule has 0 radical (unpaired) electrons. The normalized spacial score (nSPS) is 10.7. The maximum atomic E-state index is 5.71. The van der Waals surface area contributed by atoms with E-state index in [4.69, 9.17) is 27.4 Å². The van der Waals surface area contributed by atoms with Gasteiger partial charge in [0.25, 0.3) is 0 Å². The van der Waals surface area contributed by atoms with E-state index < -0.39 is 0 Å². The quantitative estimate of drug-likeness (QED) is 0.517. The topological polar surface area (TPSA) is 74.3 Å². The second-order valence-electron chi connectivity index (χ2n) is 4.18. The van der Waals surface area contributed by atoms with E-state index in [0.29, 0.717) is 24.8 Å². The summed E-state index contributed by atoms with van der Waals surface area (Å²) in [5.41, 5.74) is 7.37. The molecule has 0 saturated carbocycles. The third-order valence-electron chi connectivity index (χ3n) is 2.66. The van der Waals surface area contributed by atoms with Gasteiger partial charge in [0.05, 0.1) is 24.5 Å². The molecule has 0 aliphatic carbocycles. The first-order chi connectivity index (χ1) is 9.07. The van der Waals surface area contributed by atoms with E-state index in [1.807, 2.05) is 14.0 Å². The highest BCUT2D eigenvalue weighted by Gasteiger charge is 2.14. The summed E-state index contributed by atoms with van der Waals surface area (Å²) in [4.78, 5) is 0.365. The number of aryl methyl sites for hydroxylation is 2. The molecule has 1 aromatic heterocycles. The molecule has 0 fully saturated rings. The van der Waals surface area contributed by atoms with E-state index in [9.17, 15) is 0 Å². The molecule has 1 rings (SSSR count). The molecule has 6 nitrogen and oxygen atoms in total. The highest BCUT2D eigenvalue weighted by molar-refractivity contribution is 7.80. The SMILES string of the molecule is COCCOCCCNc1c(C(N)=S)c(C)nn1C. The zero-order valence-electron chi connectivity index (χ0n) is 11.7. The van der Waals surface area contributed by atoms with Gasteiger partial charge in [0.15, 0.2) is 0 Å². The van der Waals surface area contributed by atoms with Crippen LogP contribution in [-0.4, -0.2) is 48.2 Å². The lowest BCUT2D eigenvalue weighted by molar-refractivity contribution is 0.0705. The van der Waals surface area contributed by atoms with Crippen molar-refractivity contribution in [1.82, 2.24) is 9.78 Å². The van der Waals surface area contributed by atoms with Crippen molar-refractivity contribution in [1.29, 1.82) is 0 Å². The number of hydrogen-bond donors (Lipinski definition) is 2. The van der Waals surface area contributed by atoms with Crippen LogP contribution in [0.5, 0.6) is 0 Å². The molecular weight excluding hydrogens is 264 g/mol. The zero-order chi connectivity index (χ0) is 14.3. The van der Waals surface area contributed by atoms with Crippen LogP contribution < -0.4 is 11.1 Å². The highest BCUT2D eigenvalue weighted by Crippen LogP contribution is 2.18. The summed E-state index contributed by atoms with van der Waals surface area (Å²) >= 11 is 5.05. The number of nitrogens with two attached hydrogens (primary N) is 1. The smallest absolute Gasteiger partial charge is 0.134 e. The number of rotatable bonds is 9. The van der Waals surface area contributed by atoms with Crippen molar-refractivity contribution in [2.75, 3.05) is 38.8 Å². The molecule has 0 aliphatic heterocycles. The van der Waals surface area contributed by atoms with Crippen molar-refractivity contribution in [3.8, 4) is 0 Å². The lowest BCUT2D eigenvalue weighted by Crippen LogP contribution is -2.16. The van der Waals surface area contributed by atoms with Gasteiger partial charge >= 0.3 is 0 Å². The molecule has 0 saturated heterocycles. The number of hydrogen-bond acceptors (Lipinski definition) is 5. The van der Waals surface area contributed by atoms with Crippen molar-refractivity contribution in [3.05, 3.63) is 11.3 Å². The largest absolute Gasteiger partial charge is 0.389 e. The number of thiocarbonyl (C=S) groups is 1. The van der Waals surface area contributed by atoms with E-state index in [1.54, 1.807) is 11.8 Å². The Balaban J connectivity index is 2.39. The van der Waals surface area contributed by atoms with Gasteiger partial charge in [-0.3, -0.25) is 4.68 Å². The molecule has 0 amide bonds. The summed E-state index contributed by atoms with van der Waals surface area (Å²) in [6.45, 7) is 4.62. The summed E-state index contributed by atoms with van der Waals surface area (Å²) in [6, 6.07) is 0. The van der Waals surface area contributed by atoms with Crippen LogP contribution in [-0.2, 0) is 16.5 Å². The Morgan fingerprint density at radius 1 is 1.42 bits per heavy atom. The number of aromatic nitrogens is 2. The Kier molecular flexibility index (Phi) is 6.75. The van der Waals surface area contributed by atoms with Crippen molar-refractivity contribution in [2.24, 2.45) is 12.8 Å². The first-order valence-corrected chi connectivity index (χ1v) is 6.62. The van der Waals surface area contributed by atoms with Crippen molar-refractivity contribution in [3.63, 3.8) is 0 Å². The van der Waals surface area contributed by atoms with Crippen LogP contribution >= 0.6 is 12.2 Å². The number of methoxy groups -OCH3 is 1. The van der Waals surface area contributed by atoms with Crippen LogP contribution in [0.2, 0.25) is 0 Å². The van der Waals surface area contributed by atoms with Crippen LogP contribution in [0.15, 0.2) is 0 Å². The fourth-order valence-electron chi connectivity index (χ4n) is 1.78. The van der Waals surface area contributed by atoms with Crippen molar-refractivity contribution < 1.29 is 9.47 Å². The van der Waals surface area contributed by atoms with Crippen LogP contribution in [0.4, 0.5) is 5.82 Å². The lowest BCUT2D eigenvalue weighted by atomic mass is 10.2. The number of nitrogens with one attached hydrogen (secondary N) is 1. The van der Waals surface area contributed by atoms with E-state index in [0.717, 1.165) is 30.0 Å². The van der Waals surface area contributed by atoms with E-state index in [-0.39, 0.29) is 0 Å². The van der Waals surface area contributed by atoms with Crippen molar-refractivity contribution >= 4 is 23.0 Å². The molecule has 108 valence electrons. The van der Waals surface area contributed by atoms with Gasteiger partial charge in [-0.2, -0.15) is 5.10 Å². The fourth-order valence-corrected chi connectivity index (χ4v) is 2.03. The van der Waals surface area contributed by atoms with Gasteiger partial charge in [-0.25, -0.2) is 0 Å². The summed E-state index contributed by atoms with van der Waals surface area (Å²) in [7, 11) is 3.53. The molecule has 0 atom stereocenters. The molecule has 19 heavy (non-hydrogen) atoms. The monoisotopic (exact) mass is 286 g/mol. The van der Waals surface area contributed by atoms with Gasteiger partial charge < -0.3 is 20.5 Å². The maximum absolute atomic E-state index is 5.71. The molecular formula is C12H22N4O2S. The fraction of sp³-hybridized carbons (Fsp3) is 0.667. The van der Waals surface area contributed by atoms with Crippen LogP contribution in [0.1, 0.15) is 17.7 Å². The molecule has 1 heterocycles.